The number of aryl methyl sites for hydroxylation is 2. The van der Waals surface area contributed by atoms with Crippen molar-refractivity contribution in [2.75, 3.05) is 9.44 Å². The van der Waals surface area contributed by atoms with Crippen molar-refractivity contribution in [2.45, 2.75) is 30.2 Å². The molecule has 7 nitrogen and oxygen atoms in total. The van der Waals surface area contributed by atoms with Crippen molar-refractivity contribution in [3.63, 3.8) is 0 Å². The Morgan fingerprint density at radius 2 is 1.19 bits per heavy atom. The Balaban J connectivity index is 1.68. The molecule has 4 aromatic rings. The predicted molar refractivity (Wildman–Crippen MR) is 146 cm³/mol. The fourth-order valence-corrected chi connectivity index (χ4v) is 5.75. The molecule has 0 radical (unpaired) electrons. The van der Waals surface area contributed by atoms with Crippen molar-refractivity contribution in [3.05, 3.63) is 113 Å². The average molecular weight is 557 g/mol. The molecular formula is C27H25ClN2O5S2. The van der Waals surface area contributed by atoms with E-state index in [0.29, 0.717) is 10.8 Å². The molecule has 0 aliphatic rings. The molecule has 0 atom stereocenters. The topological polar surface area (TPSA) is 102 Å². The van der Waals surface area contributed by atoms with Crippen LogP contribution in [0.1, 0.15) is 16.7 Å². The molecule has 0 spiro atoms. The van der Waals surface area contributed by atoms with Gasteiger partial charge in [0.2, 0.25) is 0 Å². The van der Waals surface area contributed by atoms with E-state index in [-0.39, 0.29) is 27.8 Å². The number of sulfonamides is 2. The van der Waals surface area contributed by atoms with Gasteiger partial charge in [-0.1, -0.05) is 65.2 Å². The first-order chi connectivity index (χ1) is 17.5. The largest absolute Gasteiger partial charge is 0.489 e. The van der Waals surface area contributed by atoms with Gasteiger partial charge in [-0.3, -0.25) is 9.44 Å². The Labute approximate surface area is 222 Å². The minimum atomic E-state index is -4.03. The van der Waals surface area contributed by atoms with E-state index in [4.69, 9.17) is 16.3 Å². The second-order valence-electron chi connectivity index (χ2n) is 8.42. The van der Waals surface area contributed by atoms with Crippen LogP contribution in [0.2, 0.25) is 5.02 Å². The van der Waals surface area contributed by atoms with Crippen LogP contribution in [-0.4, -0.2) is 16.8 Å². The van der Waals surface area contributed by atoms with Gasteiger partial charge in [-0.25, -0.2) is 16.8 Å². The number of hydrogen-bond donors (Lipinski definition) is 2. The lowest BCUT2D eigenvalue weighted by atomic mass is 10.2. The van der Waals surface area contributed by atoms with Crippen LogP contribution in [0.3, 0.4) is 0 Å². The lowest BCUT2D eigenvalue weighted by Gasteiger charge is -2.17. The monoisotopic (exact) mass is 556 g/mol. The number of nitrogens with one attached hydrogen (secondary N) is 2. The van der Waals surface area contributed by atoms with Gasteiger partial charge in [0.1, 0.15) is 12.4 Å². The highest BCUT2D eigenvalue weighted by Gasteiger charge is 2.21. The number of anilines is 2. The van der Waals surface area contributed by atoms with E-state index >= 15 is 0 Å². The molecule has 0 fully saturated rings. The molecule has 10 heteroatoms. The van der Waals surface area contributed by atoms with Gasteiger partial charge in [0.05, 0.1) is 21.2 Å². The van der Waals surface area contributed by atoms with Crippen molar-refractivity contribution in [1.29, 1.82) is 0 Å². The molecule has 2 N–H and O–H groups in total. The predicted octanol–water partition coefficient (Wildman–Crippen LogP) is 6.14. The highest BCUT2D eigenvalue weighted by molar-refractivity contribution is 7.93. The van der Waals surface area contributed by atoms with Crippen molar-refractivity contribution in [3.8, 4) is 5.75 Å². The molecule has 0 bridgehead atoms. The molecule has 4 aromatic carbocycles. The smallest absolute Gasteiger partial charge is 0.261 e. The van der Waals surface area contributed by atoms with Gasteiger partial charge in [-0.15, -0.1) is 0 Å². The Bertz CT molecular complexity index is 1620. The number of ether oxygens (including phenoxy) is 1. The second-order valence-corrected chi connectivity index (χ2v) is 12.2. The third-order valence-corrected chi connectivity index (χ3v) is 8.63. The number of halogens is 1. The Morgan fingerprint density at radius 1 is 0.676 bits per heavy atom. The summed E-state index contributed by atoms with van der Waals surface area (Å²) >= 11 is 6.21. The van der Waals surface area contributed by atoms with E-state index in [1.807, 2.05) is 26.0 Å². The van der Waals surface area contributed by atoms with Crippen LogP contribution >= 0.6 is 11.6 Å². The van der Waals surface area contributed by atoms with Crippen LogP contribution in [0.4, 0.5) is 11.4 Å². The normalized spacial score (nSPS) is 11.6. The molecule has 37 heavy (non-hydrogen) atoms. The summed E-state index contributed by atoms with van der Waals surface area (Å²) in [6, 6.07) is 24.2. The first-order valence-corrected chi connectivity index (χ1v) is 14.6. The van der Waals surface area contributed by atoms with Crippen LogP contribution in [0.25, 0.3) is 0 Å². The molecule has 0 unspecified atom stereocenters. The molecule has 0 heterocycles. The Morgan fingerprint density at radius 3 is 1.73 bits per heavy atom. The van der Waals surface area contributed by atoms with Crippen LogP contribution < -0.4 is 14.2 Å². The molecule has 0 amide bonds. The summed E-state index contributed by atoms with van der Waals surface area (Å²) in [6.07, 6.45) is 0. The van der Waals surface area contributed by atoms with E-state index in [1.165, 1.54) is 36.4 Å². The lowest BCUT2D eigenvalue weighted by molar-refractivity contribution is 0.306. The fourth-order valence-electron chi connectivity index (χ4n) is 3.41. The van der Waals surface area contributed by atoms with Crippen molar-refractivity contribution in [2.24, 2.45) is 0 Å². The van der Waals surface area contributed by atoms with Gasteiger partial charge in [0.15, 0.2) is 0 Å². The van der Waals surface area contributed by atoms with E-state index in [1.54, 1.807) is 42.5 Å². The van der Waals surface area contributed by atoms with Gasteiger partial charge >= 0.3 is 0 Å². The Hall–Kier alpha value is -3.53. The molecule has 0 aliphatic carbocycles. The van der Waals surface area contributed by atoms with Crippen LogP contribution in [0, 0.1) is 13.8 Å². The highest BCUT2D eigenvalue weighted by atomic mass is 35.5. The van der Waals surface area contributed by atoms with Crippen molar-refractivity contribution < 1.29 is 21.6 Å². The van der Waals surface area contributed by atoms with E-state index in [9.17, 15) is 16.8 Å². The van der Waals surface area contributed by atoms with Gasteiger partial charge < -0.3 is 4.74 Å². The maximum absolute atomic E-state index is 13.1. The summed E-state index contributed by atoms with van der Waals surface area (Å²) in [4.78, 5) is 0.0809. The second kappa shape index (κ2) is 10.8. The summed E-state index contributed by atoms with van der Waals surface area (Å²) in [7, 11) is -8.03. The van der Waals surface area contributed by atoms with E-state index < -0.39 is 20.0 Å². The summed E-state index contributed by atoms with van der Waals surface area (Å²) in [6.45, 7) is 3.84. The first kappa shape index (κ1) is 26.5. The first-order valence-electron chi connectivity index (χ1n) is 11.2. The van der Waals surface area contributed by atoms with E-state index in [2.05, 4.69) is 9.44 Å². The Kier molecular flexibility index (Phi) is 7.77. The average Bonchev–Trinajstić information content (AvgIpc) is 2.85. The molecule has 192 valence electrons. The summed E-state index contributed by atoms with van der Waals surface area (Å²) < 4.78 is 63.1. The highest BCUT2D eigenvalue weighted by Crippen LogP contribution is 2.32. The van der Waals surface area contributed by atoms with Crippen molar-refractivity contribution >= 4 is 43.0 Å². The number of benzene rings is 4. The minimum Gasteiger partial charge on any atom is -0.489 e. The SMILES string of the molecule is Cc1ccc(S(=O)(=O)Nc2ccc(OCc3ccccc3Cl)cc2NS(=O)(=O)c2ccc(C)cc2)cc1. The van der Waals surface area contributed by atoms with Gasteiger partial charge in [0, 0.05) is 16.7 Å². The molecular weight excluding hydrogens is 532 g/mol. The zero-order chi connectivity index (χ0) is 26.6. The summed E-state index contributed by atoms with van der Waals surface area (Å²) in [5, 5.41) is 0.533. The van der Waals surface area contributed by atoms with E-state index in [0.717, 1.165) is 16.7 Å². The van der Waals surface area contributed by atoms with Crippen LogP contribution in [-0.2, 0) is 26.7 Å². The maximum Gasteiger partial charge on any atom is 0.261 e. The maximum atomic E-state index is 13.1. The van der Waals surface area contributed by atoms with Gasteiger partial charge in [0.25, 0.3) is 20.0 Å². The third kappa shape index (κ3) is 6.62. The molecule has 0 aliphatic heterocycles. The molecule has 0 aromatic heterocycles. The zero-order valence-electron chi connectivity index (χ0n) is 20.1. The van der Waals surface area contributed by atoms with Crippen LogP contribution in [0.5, 0.6) is 5.75 Å². The van der Waals surface area contributed by atoms with Crippen LogP contribution in [0.15, 0.2) is 101 Å². The fraction of sp³-hybridized carbons (Fsp3) is 0.111. The zero-order valence-corrected chi connectivity index (χ0v) is 22.5. The van der Waals surface area contributed by atoms with Crippen molar-refractivity contribution in [1.82, 2.24) is 0 Å². The molecule has 4 rings (SSSR count). The number of hydrogen-bond acceptors (Lipinski definition) is 5. The molecule has 0 saturated heterocycles. The summed E-state index contributed by atoms with van der Waals surface area (Å²) in [5.74, 6) is 0.319. The standard InChI is InChI=1S/C27H25ClN2O5S2/c1-19-7-12-23(13-8-19)36(31,32)29-26-16-11-22(35-18-21-5-3-4-6-25(21)28)17-27(26)30-37(33,34)24-14-9-20(2)10-15-24/h3-17,29-30H,18H2,1-2H3. The summed E-state index contributed by atoms with van der Waals surface area (Å²) in [5.41, 5.74) is 2.61. The minimum absolute atomic E-state index is 0.00733. The third-order valence-electron chi connectivity index (χ3n) is 5.49. The quantitative estimate of drug-likeness (QED) is 0.258. The lowest BCUT2D eigenvalue weighted by Crippen LogP contribution is -2.18. The number of rotatable bonds is 9. The van der Waals surface area contributed by atoms with Gasteiger partial charge in [-0.2, -0.15) is 0 Å². The molecule has 0 saturated carbocycles. The van der Waals surface area contributed by atoms with Gasteiger partial charge in [-0.05, 0) is 56.3 Å².